The number of aliphatic carboxylic acids is 2. The third kappa shape index (κ3) is 9.43. The van der Waals surface area contributed by atoms with E-state index >= 15 is 0 Å². The van der Waals surface area contributed by atoms with Crippen molar-refractivity contribution in [2.24, 2.45) is 11.7 Å². The van der Waals surface area contributed by atoms with Gasteiger partial charge in [0.25, 0.3) is 0 Å². The van der Waals surface area contributed by atoms with Crippen molar-refractivity contribution in [2.45, 2.75) is 76.5 Å². The number of rotatable bonds is 14. The molecular weight excluding hydrogens is 438 g/mol. The van der Waals surface area contributed by atoms with E-state index in [1.54, 1.807) is 13.8 Å². The Bertz CT molecular complexity index is 753. The summed E-state index contributed by atoms with van der Waals surface area (Å²) in [5, 5.41) is 28.3. The Labute approximate surface area is 191 Å². The van der Waals surface area contributed by atoms with Crippen LogP contribution in [0.5, 0.6) is 0 Å². The van der Waals surface area contributed by atoms with Gasteiger partial charge < -0.3 is 37.2 Å². The molecule has 8 N–H and O–H groups in total. The summed E-state index contributed by atoms with van der Waals surface area (Å²) in [6, 6.07) is -4.51. The number of carbonyl (C=O) groups is 6. The van der Waals surface area contributed by atoms with Crippen LogP contribution in [0.2, 0.25) is 0 Å². The molecule has 186 valence electrons. The number of amides is 4. The van der Waals surface area contributed by atoms with Crippen LogP contribution in [0.15, 0.2) is 0 Å². The van der Waals surface area contributed by atoms with Gasteiger partial charge in [0.1, 0.15) is 18.1 Å². The summed E-state index contributed by atoms with van der Waals surface area (Å²) < 4.78 is 0. The molecule has 4 amide bonds. The van der Waals surface area contributed by atoms with Gasteiger partial charge in [0.15, 0.2) is 0 Å². The second-order valence-electron chi connectivity index (χ2n) is 8.08. The molecule has 0 bridgehead atoms. The lowest BCUT2D eigenvalue weighted by atomic mass is 9.97. The molecule has 0 aliphatic carbocycles. The van der Waals surface area contributed by atoms with Crippen LogP contribution in [0, 0.1) is 5.92 Å². The van der Waals surface area contributed by atoms with Gasteiger partial charge in [0, 0.05) is 6.42 Å². The summed E-state index contributed by atoms with van der Waals surface area (Å²) in [6.07, 6.45) is 0.705. The fraction of sp³-hybridized carbons (Fsp3) is 0.700. The van der Waals surface area contributed by atoms with Crippen molar-refractivity contribution < 1.29 is 39.0 Å². The van der Waals surface area contributed by atoms with Gasteiger partial charge in [0.05, 0.1) is 12.5 Å². The third-order valence-corrected chi connectivity index (χ3v) is 5.48. The Morgan fingerprint density at radius 1 is 1.03 bits per heavy atom. The molecule has 1 rings (SSSR count). The highest BCUT2D eigenvalue weighted by atomic mass is 16.4. The number of nitrogens with one attached hydrogen (secondary N) is 4. The maximum Gasteiger partial charge on any atom is 0.326 e. The van der Waals surface area contributed by atoms with Crippen LogP contribution in [0.1, 0.15) is 52.4 Å². The highest BCUT2D eigenvalue weighted by Crippen LogP contribution is 2.11. The SMILES string of the molecule is CCC(C)C(NC(=O)C(CCC(N)=O)NC(=O)C1CCCN1)C(=O)NC(CC(=O)O)C(=O)O. The average molecular weight is 472 g/mol. The molecule has 13 nitrogen and oxygen atoms in total. The predicted molar refractivity (Wildman–Crippen MR) is 115 cm³/mol. The van der Waals surface area contributed by atoms with E-state index in [9.17, 15) is 33.9 Å². The third-order valence-electron chi connectivity index (χ3n) is 5.48. The number of carboxylic acid groups (broad SMARTS) is 2. The minimum atomic E-state index is -1.68. The molecule has 0 spiro atoms. The molecule has 0 radical (unpaired) electrons. The fourth-order valence-electron chi connectivity index (χ4n) is 3.33. The minimum Gasteiger partial charge on any atom is -0.481 e. The van der Waals surface area contributed by atoms with E-state index in [2.05, 4.69) is 21.3 Å². The van der Waals surface area contributed by atoms with Gasteiger partial charge in [0.2, 0.25) is 23.6 Å². The topological polar surface area (TPSA) is 217 Å². The first kappa shape index (κ1) is 27.8. The molecule has 0 aromatic heterocycles. The molecule has 1 aliphatic heterocycles. The van der Waals surface area contributed by atoms with Crippen molar-refractivity contribution in [1.29, 1.82) is 0 Å². The van der Waals surface area contributed by atoms with Crippen molar-refractivity contribution in [2.75, 3.05) is 6.54 Å². The first-order valence-electron chi connectivity index (χ1n) is 10.8. The minimum absolute atomic E-state index is 0.0920. The van der Waals surface area contributed by atoms with Gasteiger partial charge >= 0.3 is 11.9 Å². The second-order valence-corrected chi connectivity index (χ2v) is 8.08. The highest BCUT2D eigenvalue weighted by Gasteiger charge is 2.34. The molecule has 1 fully saturated rings. The quantitative estimate of drug-likeness (QED) is 0.150. The standard InChI is InChI=1S/C20H33N5O8/c1-3-10(2)16(19(31)24-13(20(32)33)9-15(27)28)25-18(30)12(6-7-14(21)26)23-17(29)11-5-4-8-22-11/h10-13,16,22H,3-9H2,1-2H3,(H2,21,26)(H,23,29)(H,24,31)(H,25,30)(H,27,28)(H,32,33). The second kappa shape index (κ2) is 13.4. The van der Waals surface area contributed by atoms with E-state index in [4.69, 9.17) is 10.8 Å². The molecule has 1 saturated heterocycles. The van der Waals surface area contributed by atoms with E-state index < -0.39 is 72.1 Å². The van der Waals surface area contributed by atoms with Crippen molar-refractivity contribution in [3.8, 4) is 0 Å². The summed E-state index contributed by atoms with van der Waals surface area (Å²) in [7, 11) is 0. The van der Waals surface area contributed by atoms with Crippen molar-refractivity contribution >= 4 is 35.6 Å². The Balaban J connectivity index is 2.98. The maximum absolute atomic E-state index is 13.0. The van der Waals surface area contributed by atoms with Gasteiger partial charge in [-0.25, -0.2) is 4.79 Å². The smallest absolute Gasteiger partial charge is 0.326 e. The zero-order valence-electron chi connectivity index (χ0n) is 18.8. The first-order chi connectivity index (χ1) is 15.5. The summed E-state index contributed by atoms with van der Waals surface area (Å²) in [5.41, 5.74) is 5.17. The number of carbonyl (C=O) groups excluding carboxylic acids is 4. The van der Waals surface area contributed by atoms with Crippen LogP contribution < -0.4 is 27.0 Å². The number of hydrogen-bond acceptors (Lipinski definition) is 7. The molecule has 1 aliphatic rings. The Hall–Kier alpha value is -3.22. The Morgan fingerprint density at radius 2 is 1.70 bits per heavy atom. The van der Waals surface area contributed by atoms with Crippen LogP contribution in [-0.2, 0) is 28.8 Å². The fourth-order valence-corrected chi connectivity index (χ4v) is 3.33. The molecule has 5 unspecified atom stereocenters. The summed E-state index contributed by atoms with van der Waals surface area (Å²) in [4.78, 5) is 71.6. The van der Waals surface area contributed by atoms with Gasteiger partial charge in [-0.1, -0.05) is 20.3 Å². The lowest BCUT2D eigenvalue weighted by molar-refractivity contribution is -0.147. The largest absolute Gasteiger partial charge is 0.481 e. The Kier molecular flexibility index (Phi) is 11.3. The summed E-state index contributed by atoms with van der Waals surface area (Å²) in [5.74, 6) is -6.10. The van der Waals surface area contributed by atoms with Crippen molar-refractivity contribution in [3.05, 3.63) is 0 Å². The zero-order valence-corrected chi connectivity index (χ0v) is 18.8. The number of hydrogen-bond donors (Lipinski definition) is 7. The number of carboxylic acids is 2. The van der Waals surface area contributed by atoms with E-state index in [1.807, 2.05) is 0 Å². The maximum atomic E-state index is 13.0. The number of nitrogens with two attached hydrogens (primary N) is 1. The molecule has 5 atom stereocenters. The lowest BCUT2D eigenvalue weighted by Gasteiger charge is -2.28. The molecule has 1 heterocycles. The van der Waals surface area contributed by atoms with Crippen molar-refractivity contribution in [1.82, 2.24) is 21.3 Å². The lowest BCUT2D eigenvalue weighted by Crippen LogP contribution is -2.58. The van der Waals surface area contributed by atoms with E-state index in [0.29, 0.717) is 19.4 Å². The van der Waals surface area contributed by atoms with Gasteiger partial charge in [-0.15, -0.1) is 0 Å². The van der Waals surface area contributed by atoms with Gasteiger partial charge in [-0.05, 0) is 31.7 Å². The van der Waals surface area contributed by atoms with Crippen LogP contribution in [0.25, 0.3) is 0 Å². The van der Waals surface area contributed by atoms with Gasteiger partial charge in [-0.3, -0.25) is 24.0 Å². The van der Waals surface area contributed by atoms with Crippen LogP contribution in [0.3, 0.4) is 0 Å². The van der Waals surface area contributed by atoms with Crippen LogP contribution in [-0.4, -0.2) is 76.5 Å². The van der Waals surface area contributed by atoms with Crippen LogP contribution >= 0.6 is 0 Å². The molecule has 0 saturated carbocycles. The first-order valence-corrected chi connectivity index (χ1v) is 10.8. The predicted octanol–water partition coefficient (Wildman–Crippen LogP) is -1.94. The van der Waals surface area contributed by atoms with Crippen molar-refractivity contribution in [3.63, 3.8) is 0 Å². The highest BCUT2D eigenvalue weighted by molar-refractivity contribution is 5.95. The zero-order chi connectivity index (χ0) is 25.1. The van der Waals surface area contributed by atoms with E-state index in [0.717, 1.165) is 6.42 Å². The molecular formula is C20H33N5O8. The number of primary amides is 1. The van der Waals surface area contributed by atoms with E-state index in [-0.39, 0.29) is 12.8 Å². The summed E-state index contributed by atoms with van der Waals surface area (Å²) in [6.45, 7) is 4.06. The molecule has 0 aromatic carbocycles. The average Bonchev–Trinajstić information content (AvgIpc) is 3.28. The molecule has 13 heteroatoms. The summed E-state index contributed by atoms with van der Waals surface area (Å²) >= 11 is 0. The van der Waals surface area contributed by atoms with Gasteiger partial charge in [-0.2, -0.15) is 0 Å². The monoisotopic (exact) mass is 471 g/mol. The molecule has 33 heavy (non-hydrogen) atoms. The molecule has 0 aromatic rings. The van der Waals surface area contributed by atoms with Crippen LogP contribution in [0.4, 0.5) is 0 Å². The Morgan fingerprint density at radius 3 is 2.18 bits per heavy atom. The van der Waals surface area contributed by atoms with E-state index in [1.165, 1.54) is 0 Å². The normalized spacial score (nSPS) is 18.9.